The zero-order valence-electron chi connectivity index (χ0n) is 11.3. The Hall–Kier alpha value is -1.31. The van der Waals surface area contributed by atoms with E-state index in [2.05, 4.69) is 21.2 Å². The summed E-state index contributed by atoms with van der Waals surface area (Å²) >= 11 is 5.00. The van der Waals surface area contributed by atoms with E-state index in [1.54, 1.807) is 11.3 Å². The van der Waals surface area contributed by atoms with Gasteiger partial charge in [0.2, 0.25) is 0 Å². The molecule has 0 aliphatic heterocycles. The van der Waals surface area contributed by atoms with E-state index in [-0.39, 0.29) is 18.1 Å². The maximum atomic E-state index is 13.4. The maximum absolute atomic E-state index is 13.4. The van der Waals surface area contributed by atoms with Crippen molar-refractivity contribution >= 4 is 38.9 Å². The van der Waals surface area contributed by atoms with Crippen LogP contribution in [-0.2, 0) is 11.3 Å². The van der Waals surface area contributed by atoms with Crippen LogP contribution in [0.4, 0.5) is 14.5 Å². The Kier molecular flexibility index (Phi) is 5.44. The van der Waals surface area contributed by atoms with Gasteiger partial charge in [-0.15, -0.1) is 11.3 Å². The van der Waals surface area contributed by atoms with E-state index in [4.69, 9.17) is 0 Å². The molecule has 1 aromatic heterocycles. The van der Waals surface area contributed by atoms with E-state index in [1.165, 1.54) is 6.07 Å². The fourth-order valence-corrected chi connectivity index (χ4v) is 3.46. The second kappa shape index (κ2) is 7.11. The van der Waals surface area contributed by atoms with Gasteiger partial charge in [-0.05, 0) is 40.2 Å². The monoisotopic (exact) mass is 375 g/mol. The van der Waals surface area contributed by atoms with Gasteiger partial charge in [-0.1, -0.05) is 0 Å². The Balaban J connectivity index is 1.89. The number of thiophene rings is 1. The molecule has 3 nitrogen and oxygen atoms in total. The van der Waals surface area contributed by atoms with Crippen molar-refractivity contribution in [3.8, 4) is 0 Å². The Labute approximate surface area is 133 Å². The summed E-state index contributed by atoms with van der Waals surface area (Å²) in [6.07, 6.45) is 0. The van der Waals surface area contributed by atoms with E-state index in [0.717, 1.165) is 25.7 Å². The molecule has 0 aliphatic rings. The number of hydrogen-bond donors (Lipinski definition) is 2. The number of quaternary nitrogens is 1. The Morgan fingerprint density at radius 3 is 2.71 bits per heavy atom. The number of amides is 1. The highest BCUT2D eigenvalue weighted by atomic mass is 79.9. The van der Waals surface area contributed by atoms with Crippen LogP contribution in [0.5, 0.6) is 0 Å². The highest BCUT2D eigenvalue weighted by molar-refractivity contribution is 9.11. The SMILES string of the molecule is C[NH+](CC(=O)Nc1ccc(F)cc1F)Cc1ccc(Br)s1. The number of nitrogens with one attached hydrogen (secondary N) is 2. The summed E-state index contributed by atoms with van der Waals surface area (Å²) in [6, 6.07) is 7.03. The summed E-state index contributed by atoms with van der Waals surface area (Å²) in [7, 11) is 1.88. The van der Waals surface area contributed by atoms with Crippen LogP contribution in [0, 0.1) is 11.6 Å². The van der Waals surface area contributed by atoms with Gasteiger partial charge in [-0.25, -0.2) is 8.78 Å². The van der Waals surface area contributed by atoms with Crippen molar-refractivity contribution in [2.24, 2.45) is 0 Å². The number of halogens is 3. The number of hydrogen-bond acceptors (Lipinski definition) is 2. The second-order valence-electron chi connectivity index (χ2n) is 4.69. The molecule has 1 aromatic carbocycles. The summed E-state index contributed by atoms with van der Waals surface area (Å²) in [4.78, 5) is 14.0. The van der Waals surface area contributed by atoms with Gasteiger partial charge in [0, 0.05) is 6.07 Å². The molecule has 0 spiro atoms. The van der Waals surface area contributed by atoms with Crippen molar-refractivity contribution in [2.75, 3.05) is 18.9 Å². The lowest BCUT2D eigenvalue weighted by atomic mass is 10.3. The van der Waals surface area contributed by atoms with Gasteiger partial charge in [0.15, 0.2) is 6.54 Å². The lowest BCUT2D eigenvalue weighted by Crippen LogP contribution is -3.08. The zero-order chi connectivity index (χ0) is 15.4. The molecule has 0 radical (unpaired) electrons. The van der Waals surface area contributed by atoms with Gasteiger partial charge in [-0.3, -0.25) is 4.79 Å². The molecular formula is C14H14BrF2N2OS+. The van der Waals surface area contributed by atoms with Crippen LogP contribution < -0.4 is 10.2 Å². The van der Waals surface area contributed by atoms with Crippen LogP contribution in [0.3, 0.4) is 0 Å². The molecule has 2 rings (SSSR count). The van der Waals surface area contributed by atoms with Gasteiger partial charge in [-0.2, -0.15) is 0 Å². The first-order valence-corrected chi connectivity index (χ1v) is 7.85. The van der Waals surface area contributed by atoms with Crippen LogP contribution in [0.15, 0.2) is 34.1 Å². The highest BCUT2D eigenvalue weighted by Gasteiger charge is 2.14. The van der Waals surface area contributed by atoms with Crippen LogP contribution >= 0.6 is 27.3 Å². The van der Waals surface area contributed by atoms with E-state index in [1.807, 2.05) is 19.2 Å². The first-order chi connectivity index (χ1) is 9.94. The summed E-state index contributed by atoms with van der Waals surface area (Å²) in [5.74, 6) is -1.76. The lowest BCUT2D eigenvalue weighted by molar-refractivity contribution is -0.884. The standard InChI is InChI=1S/C14H13BrF2N2OS/c1-19(7-10-3-5-13(15)21-10)8-14(20)18-12-4-2-9(16)6-11(12)17/h2-6H,7-8H2,1H3,(H,18,20)/p+1. The number of anilines is 1. The molecule has 7 heteroatoms. The molecular weight excluding hydrogens is 362 g/mol. The number of carbonyl (C=O) groups excluding carboxylic acids is 1. The van der Waals surface area contributed by atoms with Crippen LogP contribution in [-0.4, -0.2) is 19.5 Å². The summed E-state index contributed by atoms with van der Waals surface area (Å²) < 4.78 is 27.3. The quantitative estimate of drug-likeness (QED) is 0.826. The average Bonchev–Trinajstić information content (AvgIpc) is 2.78. The predicted octanol–water partition coefficient (Wildman–Crippen LogP) is 2.44. The maximum Gasteiger partial charge on any atom is 0.279 e. The molecule has 0 bridgehead atoms. The minimum absolute atomic E-state index is 0.00642. The molecule has 0 fully saturated rings. The number of rotatable bonds is 5. The number of likely N-dealkylation sites (N-methyl/N-ethyl adjacent to an activating group) is 1. The summed E-state index contributed by atoms with van der Waals surface area (Å²) in [5.41, 5.74) is -0.00642. The molecule has 1 atom stereocenters. The van der Waals surface area contributed by atoms with Crippen molar-refractivity contribution in [2.45, 2.75) is 6.54 Å². The van der Waals surface area contributed by atoms with E-state index < -0.39 is 11.6 Å². The van der Waals surface area contributed by atoms with Crippen molar-refractivity contribution in [3.63, 3.8) is 0 Å². The van der Waals surface area contributed by atoms with Gasteiger partial charge in [0.1, 0.15) is 18.2 Å². The van der Waals surface area contributed by atoms with Crippen LogP contribution in [0.1, 0.15) is 4.88 Å². The fraction of sp³-hybridized carbons (Fsp3) is 0.214. The molecule has 0 saturated heterocycles. The lowest BCUT2D eigenvalue weighted by Gasteiger charge is -2.13. The fourth-order valence-electron chi connectivity index (χ4n) is 1.87. The Morgan fingerprint density at radius 2 is 2.10 bits per heavy atom. The zero-order valence-corrected chi connectivity index (χ0v) is 13.7. The minimum Gasteiger partial charge on any atom is -0.325 e. The molecule has 0 saturated carbocycles. The van der Waals surface area contributed by atoms with Gasteiger partial charge in [0.25, 0.3) is 5.91 Å². The average molecular weight is 376 g/mol. The largest absolute Gasteiger partial charge is 0.325 e. The molecule has 21 heavy (non-hydrogen) atoms. The number of carbonyl (C=O) groups is 1. The topological polar surface area (TPSA) is 33.5 Å². The van der Waals surface area contributed by atoms with Crippen molar-refractivity contribution in [1.29, 1.82) is 0 Å². The summed E-state index contributed by atoms with van der Waals surface area (Å²) in [5, 5.41) is 2.45. The van der Waals surface area contributed by atoms with E-state index in [9.17, 15) is 13.6 Å². The van der Waals surface area contributed by atoms with E-state index in [0.29, 0.717) is 6.54 Å². The number of benzene rings is 1. The van der Waals surface area contributed by atoms with Gasteiger partial charge >= 0.3 is 0 Å². The minimum atomic E-state index is -0.775. The van der Waals surface area contributed by atoms with Crippen LogP contribution in [0.2, 0.25) is 0 Å². The Morgan fingerprint density at radius 1 is 1.33 bits per heavy atom. The predicted molar refractivity (Wildman–Crippen MR) is 82.5 cm³/mol. The van der Waals surface area contributed by atoms with Crippen LogP contribution in [0.25, 0.3) is 0 Å². The molecule has 112 valence electrons. The second-order valence-corrected chi connectivity index (χ2v) is 7.24. The molecule has 1 heterocycles. The third-order valence-corrected chi connectivity index (χ3v) is 4.40. The van der Waals surface area contributed by atoms with Crippen molar-refractivity contribution in [1.82, 2.24) is 0 Å². The molecule has 2 N–H and O–H groups in total. The van der Waals surface area contributed by atoms with Gasteiger partial charge < -0.3 is 10.2 Å². The molecule has 2 aromatic rings. The molecule has 1 amide bonds. The molecule has 1 unspecified atom stereocenters. The smallest absolute Gasteiger partial charge is 0.279 e. The summed E-state index contributed by atoms with van der Waals surface area (Å²) in [6.45, 7) is 0.905. The normalized spacial score (nSPS) is 12.2. The van der Waals surface area contributed by atoms with Crippen molar-refractivity contribution < 1.29 is 18.5 Å². The first kappa shape index (κ1) is 16.1. The van der Waals surface area contributed by atoms with Gasteiger partial charge in [0.05, 0.1) is 21.4 Å². The van der Waals surface area contributed by atoms with E-state index >= 15 is 0 Å². The Bertz CT molecular complexity index is 648. The highest BCUT2D eigenvalue weighted by Crippen LogP contribution is 2.21. The third kappa shape index (κ3) is 4.87. The van der Waals surface area contributed by atoms with Crippen molar-refractivity contribution in [3.05, 3.63) is 50.6 Å². The molecule has 0 aliphatic carbocycles. The first-order valence-electron chi connectivity index (χ1n) is 6.24. The third-order valence-electron chi connectivity index (χ3n) is 2.77.